The molecule has 1 amide bonds. The Bertz CT molecular complexity index is 1500. The highest BCUT2D eigenvalue weighted by Gasteiger charge is 2.23. The van der Waals surface area contributed by atoms with Crippen molar-refractivity contribution in [3.05, 3.63) is 94.4 Å². The molecule has 0 radical (unpaired) electrons. The lowest BCUT2D eigenvalue weighted by atomic mass is 9.86. The number of carbonyl (C=O) groups is 2. The van der Waals surface area contributed by atoms with Gasteiger partial charge >= 0.3 is 5.97 Å². The van der Waals surface area contributed by atoms with Crippen LogP contribution in [0.1, 0.15) is 70.8 Å². The van der Waals surface area contributed by atoms with E-state index in [1.54, 1.807) is 24.4 Å². The average molecular weight is 512 g/mol. The number of carboxylic acids is 1. The van der Waals surface area contributed by atoms with E-state index in [1.807, 2.05) is 6.07 Å². The molecule has 0 aliphatic heterocycles. The van der Waals surface area contributed by atoms with Gasteiger partial charge in [0.2, 0.25) is 0 Å². The zero-order valence-electron chi connectivity index (χ0n) is 21.3. The van der Waals surface area contributed by atoms with E-state index in [-0.39, 0.29) is 24.2 Å². The number of hydrogen-bond acceptors (Lipinski definition) is 4. The standard InChI is InChI=1S/C31H30FN3O3/c1-19-9-14-26-21(15-19)6-4-7-27(26)34-31(38)24-17-23-16-22(5-2-3-8-28(36)37)29(35-30(23)33-18-24)20-10-12-25(32)13-11-20/h9-18,27H,2-8H2,1H3,(H,34,38)(H,36,37)/t27-/m1/s1. The monoisotopic (exact) mass is 511 g/mol. The van der Waals surface area contributed by atoms with Crippen LogP contribution in [0.5, 0.6) is 0 Å². The third-order valence-corrected chi connectivity index (χ3v) is 7.13. The topological polar surface area (TPSA) is 92.2 Å². The van der Waals surface area contributed by atoms with E-state index < -0.39 is 5.97 Å². The summed E-state index contributed by atoms with van der Waals surface area (Å²) >= 11 is 0. The van der Waals surface area contributed by atoms with E-state index in [9.17, 15) is 14.0 Å². The van der Waals surface area contributed by atoms with Crippen LogP contribution in [0.15, 0.2) is 60.8 Å². The minimum atomic E-state index is -0.823. The van der Waals surface area contributed by atoms with Crippen molar-refractivity contribution in [3.8, 4) is 11.3 Å². The molecule has 194 valence electrons. The summed E-state index contributed by atoms with van der Waals surface area (Å²) in [5.74, 6) is -1.33. The first-order valence-electron chi connectivity index (χ1n) is 13.0. The molecule has 0 unspecified atom stereocenters. The molecule has 0 spiro atoms. The van der Waals surface area contributed by atoms with Crippen LogP contribution >= 0.6 is 0 Å². The molecule has 0 saturated carbocycles. The lowest BCUT2D eigenvalue weighted by Crippen LogP contribution is -2.31. The molecule has 1 aliphatic rings. The predicted molar refractivity (Wildman–Crippen MR) is 144 cm³/mol. The molecule has 2 aromatic carbocycles. The molecule has 2 aromatic heterocycles. The number of carboxylic acid groups (broad SMARTS) is 1. The van der Waals surface area contributed by atoms with E-state index in [0.29, 0.717) is 36.2 Å². The quantitative estimate of drug-likeness (QED) is 0.269. The van der Waals surface area contributed by atoms with Gasteiger partial charge in [0.25, 0.3) is 5.91 Å². The molecule has 2 N–H and O–H groups in total. The van der Waals surface area contributed by atoms with Crippen molar-refractivity contribution >= 4 is 22.9 Å². The SMILES string of the molecule is Cc1ccc2c(c1)CCC[C@H]2NC(=O)c1cnc2nc(-c3ccc(F)cc3)c(CCCCC(=O)O)cc2c1. The van der Waals surface area contributed by atoms with E-state index in [0.717, 1.165) is 35.8 Å². The lowest BCUT2D eigenvalue weighted by Gasteiger charge is -2.26. The summed E-state index contributed by atoms with van der Waals surface area (Å²) < 4.78 is 13.5. The van der Waals surface area contributed by atoms with Crippen LogP contribution in [0.3, 0.4) is 0 Å². The van der Waals surface area contributed by atoms with Crippen LogP contribution in [0, 0.1) is 12.7 Å². The Labute approximate surface area is 221 Å². The van der Waals surface area contributed by atoms with Gasteiger partial charge in [0.05, 0.1) is 17.3 Å². The zero-order chi connectivity index (χ0) is 26.6. The molecular formula is C31H30FN3O3. The van der Waals surface area contributed by atoms with Gasteiger partial charge in [-0.2, -0.15) is 0 Å². The number of aryl methyl sites for hydroxylation is 3. The van der Waals surface area contributed by atoms with Crippen molar-refractivity contribution in [2.45, 2.75) is 57.9 Å². The van der Waals surface area contributed by atoms with Crippen molar-refractivity contribution in [2.75, 3.05) is 0 Å². The van der Waals surface area contributed by atoms with Crippen molar-refractivity contribution in [1.29, 1.82) is 0 Å². The van der Waals surface area contributed by atoms with Crippen molar-refractivity contribution < 1.29 is 19.1 Å². The molecule has 1 atom stereocenters. The molecule has 6 nitrogen and oxygen atoms in total. The second-order valence-corrected chi connectivity index (χ2v) is 10.00. The van der Waals surface area contributed by atoms with E-state index in [2.05, 4.69) is 35.4 Å². The Hall–Kier alpha value is -4.13. The molecule has 1 aliphatic carbocycles. The molecule has 2 heterocycles. The van der Waals surface area contributed by atoms with Gasteiger partial charge in [-0.1, -0.05) is 23.8 Å². The minimum Gasteiger partial charge on any atom is -0.481 e. The number of nitrogens with one attached hydrogen (secondary N) is 1. The third-order valence-electron chi connectivity index (χ3n) is 7.13. The van der Waals surface area contributed by atoms with Crippen LogP contribution in [0.4, 0.5) is 4.39 Å². The number of unbranched alkanes of at least 4 members (excludes halogenated alkanes) is 1. The number of nitrogens with zero attached hydrogens (tertiary/aromatic N) is 2. The summed E-state index contributed by atoms with van der Waals surface area (Å²) in [6.45, 7) is 2.08. The van der Waals surface area contributed by atoms with Crippen LogP contribution < -0.4 is 5.32 Å². The smallest absolute Gasteiger partial charge is 0.303 e. The summed E-state index contributed by atoms with van der Waals surface area (Å²) in [5, 5.41) is 12.9. The summed E-state index contributed by atoms with van der Waals surface area (Å²) in [5.41, 5.74) is 7.01. The van der Waals surface area contributed by atoms with Gasteiger partial charge in [-0.15, -0.1) is 0 Å². The average Bonchev–Trinajstić information content (AvgIpc) is 2.90. The van der Waals surface area contributed by atoms with E-state index in [1.165, 1.54) is 28.8 Å². The Balaban J connectivity index is 1.43. The second kappa shape index (κ2) is 11.1. The highest BCUT2D eigenvalue weighted by Crippen LogP contribution is 2.31. The zero-order valence-corrected chi connectivity index (χ0v) is 21.3. The maximum atomic E-state index is 13.5. The number of fused-ring (bicyclic) bond motifs is 2. The van der Waals surface area contributed by atoms with Gasteiger partial charge in [-0.3, -0.25) is 9.59 Å². The van der Waals surface area contributed by atoms with Gasteiger partial charge < -0.3 is 10.4 Å². The van der Waals surface area contributed by atoms with Gasteiger partial charge in [-0.25, -0.2) is 14.4 Å². The maximum absolute atomic E-state index is 13.5. The number of rotatable bonds is 8. The first-order valence-corrected chi connectivity index (χ1v) is 13.0. The van der Waals surface area contributed by atoms with Crippen LogP contribution in [0.25, 0.3) is 22.3 Å². The number of amides is 1. The van der Waals surface area contributed by atoms with Crippen LogP contribution in [-0.4, -0.2) is 27.0 Å². The van der Waals surface area contributed by atoms with Crippen molar-refractivity contribution in [1.82, 2.24) is 15.3 Å². The fraction of sp³-hybridized carbons (Fsp3) is 0.290. The largest absolute Gasteiger partial charge is 0.481 e. The minimum absolute atomic E-state index is 0.0358. The molecule has 0 saturated heterocycles. The lowest BCUT2D eigenvalue weighted by molar-refractivity contribution is -0.137. The number of carbonyl (C=O) groups excluding carboxylic acids is 1. The van der Waals surface area contributed by atoms with Crippen LogP contribution in [-0.2, 0) is 17.6 Å². The Morgan fingerprint density at radius 2 is 1.89 bits per heavy atom. The maximum Gasteiger partial charge on any atom is 0.303 e. The third kappa shape index (κ3) is 5.72. The highest BCUT2D eigenvalue weighted by molar-refractivity contribution is 5.97. The number of pyridine rings is 2. The fourth-order valence-corrected chi connectivity index (χ4v) is 5.21. The van der Waals surface area contributed by atoms with Crippen molar-refractivity contribution in [2.24, 2.45) is 0 Å². The fourth-order valence-electron chi connectivity index (χ4n) is 5.21. The summed E-state index contributed by atoms with van der Waals surface area (Å²) in [7, 11) is 0. The number of benzene rings is 2. The molecular weight excluding hydrogens is 481 g/mol. The number of halogens is 1. The van der Waals surface area contributed by atoms with Crippen molar-refractivity contribution in [3.63, 3.8) is 0 Å². The molecule has 7 heteroatoms. The Kier molecular flexibility index (Phi) is 7.45. The van der Waals surface area contributed by atoms with Gasteiger partial charge in [0, 0.05) is 23.6 Å². The molecule has 38 heavy (non-hydrogen) atoms. The summed E-state index contributed by atoms with van der Waals surface area (Å²) in [6, 6.07) is 16.3. The molecule has 0 fully saturated rings. The van der Waals surface area contributed by atoms with Crippen LogP contribution in [0.2, 0.25) is 0 Å². The Morgan fingerprint density at radius 3 is 2.68 bits per heavy atom. The van der Waals surface area contributed by atoms with Gasteiger partial charge in [-0.05, 0) is 98.5 Å². The highest BCUT2D eigenvalue weighted by atomic mass is 19.1. The predicted octanol–water partition coefficient (Wildman–Crippen LogP) is 6.35. The second-order valence-electron chi connectivity index (χ2n) is 10.00. The number of hydrogen-bond donors (Lipinski definition) is 2. The number of aliphatic carboxylic acids is 1. The molecule has 4 aromatic rings. The first-order chi connectivity index (χ1) is 18.4. The summed E-state index contributed by atoms with van der Waals surface area (Å²) in [6.07, 6.45) is 6.41. The van der Waals surface area contributed by atoms with E-state index >= 15 is 0 Å². The van der Waals surface area contributed by atoms with E-state index in [4.69, 9.17) is 10.1 Å². The normalized spacial score (nSPS) is 14.7. The first kappa shape index (κ1) is 25.5. The van der Waals surface area contributed by atoms with Gasteiger partial charge in [0.15, 0.2) is 5.65 Å². The number of aromatic nitrogens is 2. The van der Waals surface area contributed by atoms with Gasteiger partial charge in [0.1, 0.15) is 5.82 Å². The molecule has 0 bridgehead atoms. The summed E-state index contributed by atoms with van der Waals surface area (Å²) in [4.78, 5) is 33.4. The molecule has 5 rings (SSSR count). The Morgan fingerprint density at radius 1 is 1.08 bits per heavy atom.